The molecule has 26 heavy (non-hydrogen) atoms. The first kappa shape index (κ1) is 20.3. The van der Waals surface area contributed by atoms with Crippen LogP contribution in [0.2, 0.25) is 10.0 Å². The zero-order valence-electron chi connectivity index (χ0n) is 14.5. The molecular formula is C20H20Cl2O4. The van der Waals surface area contributed by atoms with Crippen molar-refractivity contribution < 1.29 is 19.1 Å². The number of benzene rings is 2. The van der Waals surface area contributed by atoms with E-state index in [4.69, 9.17) is 32.7 Å². The quantitative estimate of drug-likeness (QED) is 0.315. The van der Waals surface area contributed by atoms with E-state index in [2.05, 4.69) is 6.92 Å². The number of halogens is 2. The van der Waals surface area contributed by atoms with Crippen LogP contribution < -0.4 is 4.74 Å². The van der Waals surface area contributed by atoms with Gasteiger partial charge in [-0.25, -0.2) is 9.59 Å². The van der Waals surface area contributed by atoms with Gasteiger partial charge < -0.3 is 9.47 Å². The van der Waals surface area contributed by atoms with Crippen LogP contribution in [0.4, 0.5) is 0 Å². The largest absolute Gasteiger partial charge is 0.462 e. The van der Waals surface area contributed by atoms with Crippen molar-refractivity contribution in [2.75, 3.05) is 6.61 Å². The van der Waals surface area contributed by atoms with Gasteiger partial charge in [-0.1, -0.05) is 55.5 Å². The van der Waals surface area contributed by atoms with E-state index in [0.29, 0.717) is 22.2 Å². The first-order valence-corrected chi connectivity index (χ1v) is 9.20. The van der Waals surface area contributed by atoms with Crippen molar-refractivity contribution in [3.05, 3.63) is 63.6 Å². The van der Waals surface area contributed by atoms with Gasteiger partial charge in [0.25, 0.3) is 0 Å². The lowest BCUT2D eigenvalue weighted by atomic mass is 10.1. The molecule has 0 fully saturated rings. The third kappa shape index (κ3) is 6.36. The molecule has 2 rings (SSSR count). The summed E-state index contributed by atoms with van der Waals surface area (Å²) in [6.07, 6.45) is 4.09. The molecule has 0 bridgehead atoms. The Hall–Kier alpha value is -2.04. The molecule has 2 aromatic carbocycles. The van der Waals surface area contributed by atoms with E-state index in [1.165, 1.54) is 24.3 Å². The van der Waals surface area contributed by atoms with Gasteiger partial charge in [-0.3, -0.25) is 0 Å². The molecule has 2 aromatic rings. The maximum absolute atomic E-state index is 12.3. The Morgan fingerprint density at radius 3 is 2.19 bits per heavy atom. The molecule has 0 radical (unpaired) electrons. The molecule has 4 nitrogen and oxygen atoms in total. The molecule has 0 saturated heterocycles. The average molecular weight is 395 g/mol. The van der Waals surface area contributed by atoms with Gasteiger partial charge in [0.2, 0.25) is 0 Å². The second-order valence-corrected chi connectivity index (χ2v) is 6.64. The van der Waals surface area contributed by atoms with E-state index in [9.17, 15) is 9.59 Å². The van der Waals surface area contributed by atoms with Crippen LogP contribution in [0, 0.1) is 0 Å². The van der Waals surface area contributed by atoms with Crippen LogP contribution in [-0.2, 0) is 4.74 Å². The van der Waals surface area contributed by atoms with Gasteiger partial charge in [0.05, 0.1) is 17.7 Å². The summed E-state index contributed by atoms with van der Waals surface area (Å²) in [4.78, 5) is 24.4. The Morgan fingerprint density at radius 2 is 1.54 bits per heavy atom. The molecule has 0 heterocycles. The Bertz CT molecular complexity index is 754. The second-order valence-electron chi connectivity index (χ2n) is 5.77. The molecule has 138 valence electrons. The Labute approximate surface area is 163 Å². The van der Waals surface area contributed by atoms with Crippen LogP contribution in [0.25, 0.3) is 0 Å². The summed E-state index contributed by atoms with van der Waals surface area (Å²) in [5, 5.41) is 0.724. The van der Waals surface area contributed by atoms with Crippen LogP contribution in [-0.4, -0.2) is 18.5 Å². The van der Waals surface area contributed by atoms with Gasteiger partial charge in [0, 0.05) is 10.0 Å². The van der Waals surface area contributed by atoms with Crippen molar-refractivity contribution in [3.63, 3.8) is 0 Å². The first-order valence-electron chi connectivity index (χ1n) is 8.45. The fraction of sp³-hybridized carbons (Fsp3) is 0.300. The van der Waals surface area contributed by atoms with Gasteiger partial charge >= 0.3 is 11.9 Å². The minimum atomic E-state index is -0.610. The number of esters is 2. The number of carbonyl (C=O) groups excluding carboxylic acids is 2. The molecule has 0 spiro atoms. The van der Waals surface area contributed by atoms with E-state index < -0.39 is 11.9 Å². The maximum Gasteiger partial charge on any atom is 0.343 e. The van der Waals surface area contributed by atoms with Gasteiger partial charge in [-0.15, -0.1) is 0 Å². The van der Waals surface area contributed by atoms with Crippen molar-refractivity contribution in [1.82, 2.24) is 0 Å². The molecule has 0 amide bonds. The number of ether oxygens (including phenoxy) is 2. The van der Waals surface area contributed by atoms with Crippen molar-refractivity contribution in [2.45, 2.75) is 32.6 Å². The second kappa shape index (κ2) is 10.2. The SMILES string of the molecule is CCCCCCOC(=O)c1cccc(C(=O)Oc2cc(Cl)cc(Cl)c2)c1. The highest BCUT2D eigenvalue weighted by Gasteiger charge is 2.14. The van der Waals surface area contributed by atoms with Gasteiger partial charge in [0.1, 0.15) is 5.75 Å². The van der Waals surface area contributed by atoms with Crippen LogP contribution >= 0.6 is 23.2 Å². The summed E-state index contributed by atoms with van der Waals surface area (Å²) in [6, 6.07) is 10.7. The Kier molecular flexibility index (Phi) is 7.95. The average Bonchev–Trinajstić information content (AvgIpc) is 2.60. The summed E-state index contributed by atoms with van der Waals surface area (Å²) in [5.74, 6) is -0.834. The molecule has 0 saturated carbocycles. The lowest BCUT2D eigenvalue weighted by Gasteiger charge is -2.08. The highest BCUT2D eigenvalue weighted by molar-refractivity contribution is 6.34. The summed E-state index contributed by atoms with van der Waals surface area (Å²) in [5.41, 5.74) is 0.542. The van der Waals surface area contributed by atoms with Crippen molar-refractivity contribution in [3.8, 4) is 5.75 Å². The standard InChI is InChI=1S/C20H20Cl2O4/c1-2-3-4-5-9-25-19(23)14-7-6-8-15(10-14)20(24)26-18-12-16(21)11-17(22)13-18/h6-8,10-13H,2-5,9H2,1H3. The highest BCUT2D eigenvalue weighted by atomic mass is 35.5. The third-order valence-corrected chi connectivity index (χ3v) is 4.05. The zero-order valence-corrected chi connectivity index (χ0v) is 16.0. The van der Waals surface area contributed by atoms with Crippen LogP contribution in [0.3, 0.4) is 0 Å². The number of rotatable bonds is 8. The summed E-state index contributed by atoms with van der Waals surface area (Å²) in [7, 11) is 0. The van der Waals surface area contributed by atoms with Gasteiger partial charge in [-0.2, -0.15) is 0 Å². The van der Waals surface area contributed by atoms with Crippen molar-refractivity contribution >= 4 is 35.1 Å². The normalized spacial score (nSPS) is 10.4. The fourth-order valence-electron chi connectivity index (χ4n) is 2.30. The number of hydrogen-bond acceptors (Lipinski definition) is 4. The molecule has 0 unspecified atom stereocenters. The molecule has 0 aliphatic carbocycles. The zero-order chi connectivity index (χ0) is 18.9. The highest BCUT2D eigenvalue weighted by Crippen LogP contribution is 2.25. The molecule has 0 N–H and O–H groups in total. The van der Waals surface area contributed by atoms with Crippen LogP contribution in [0.15, 0.2) is 42.5 Å². The van der Waals surface area contributed by atoms with E-state index in [-0.39, 0.29) is 11.3 Å². The molecular weight excluding hydrogens is 375 g/mol. The van der Waals surface area contributed by atoms with E-state index in [1.807, 2.05) is 0 Å². The van der Waals surface area contributed by atoms with Gasteiger partial charge in [-0.05, 0) is 42.8 Å². The maximum atomic E-state index is 12.3. The summed E-state index contributed by atoms with van der Waals surface area (Å²) < 4.78 is 10.5. The Balaban J connectivity index is 1.98. The Morgan fingerprint density at radius 1 is 0.885 bits per heavy atom. The lowest BCUT2D eigenvalue weighted by molar-refractivity contribution is 0.0498. The first-order chi connectivity index (χ1) is 12.5. The fourth-order valence-corrected chi connectivity index (χ4v) is 2.81. The summed E-state index contributed by atoms with van der Waals surface area (Å²) >= 11 is 11.8. The predicted molar refractivity (Wildman–Crippen MR) is 102 cm³/mol. The molecule has 0 aliphatic rings. The van der Waals surface area contributed by atoms with Crippen LogP contribution in [0.1, 0.15) is 53.3 Å². The number of hydrogen-bond donors (Lipinski definition) is 0. The number of unbranched alkanes of at least 4 members (excludes halogenated alkanes) is 3. The smallest absolute Gasteiger partial charge is 0.343 e. The predicted octanol–water partition coefficient (Wildman–Crippen LogP) is 5.95. The minimum absolute atomic E-state index is 0.233. The third-order valence-electron chi connectivity index (χ3n) is 3.61. The lowest BCUT2D eigenvalue weighted by Crippen LogP contribution is -2.11. The van der Waals surface area contributed by atoms with Crippen molar-refractivity contribution in [1.29, 1.82) is 0 Å². The molecule has 0 aromatic heterocycles. The topological polar surface area (TPSA) is 52.6 Å². The van der Waals surface area contributed by atoms with Crippen molar-refractivity contribution in [2.24, 2.45) is 0 Å². The van der Waals surface area contributed by atoms with Crippen LogP contribution in [0.5, 0.6) is 5.75 Å². The molecule has 6 heteroatoms. The number of carbonyl (C=O) groups is 2. The van der Waals surface area contributed by atoms with E-state index in [1.54, 1.807) is 18.2 Å². The molecule has 0 aliphatic heterocycles. The summed E-state index contributed by atoms with van der Waals surface area (Å²) in [6.45, 7) is 2.49. The van der Waals surface area contributed by atoms with Gasteiger partial charge in [0.15, 0.2) is 0 Å². The molecule has 0 atom stereocenters. The van der Waals surface area contributed by atoms with E-state index in [0.717, 1.165) is 25.7 Å². The monoisotopic (exact) mass is 394 g/mol. The minimum Gasteiger partial charge on any atom is -0.462 e. The van der Waals surface area contributed by atoms with E-state index >= 15 is 0 Å².